The fourth-order valence-corrected chi connectivity index (χ4v) is 2.83. The van der Waals surface area contributed by atoms with E-state index in [2.05, 4.69) is 6.07 Å². The van der Waals surface area contributed by atoms with Gasteiger partial charge in [-0.05, 0) is 43.0 Å². The minimum Gasteiger partial charge on any atom is -0.387 e. The largest absolute Gasteiger partial charge is 0.387 e. The number of aliphatic hydroxyl groups excluding tert-OH is 1. The molecule has 1 aromatic rings. The van der Waals surface area contributed by atoms with E-state index < -0.39 is 11.5 Å². The summed E-state index contributed by atoms with van der Waals surface area (Å²) in [4.78, 5) is 0. The summed E-state index contributed by atoms with van der Waals surface area (Å²) in [5.74, 6) is -0.362. The van der Waals surface area contributed by atoms with Crippen LogP contribution in [0.2, 0.25) is 0 Å². The number of nitriles is 1. The van der Waals surface area contributed by atoms with Crippen LogP contribution in [0.15, 0.2) is 18.2 Å². The zero-order chi connectivity index (χ0) is 13.2. The average Bonchev–Trinajstić information content (AvgIpc) is 2.41. The van der Waals surface area contributed by atoms with Crippen LogP contribution in [0.25, 0.3) is 0 Å². The van der Waals surface area contributed by atoms with Crippen LogP contribution in [0.4, 0.5) is 4.39 Å². The molecule has 2 nitrogen and oxygen atoms in total. The summed E-state index contributed by atoms with van der Waals surface area (Å²) >= 11 is 0. The first kappa shape index (κ1) is 13.0. The topological polar surface area (TPSA) is 44.0 Å². The van der Waals surface area contributed by atoms with Gasteiger partial charge < -0.3 is 5.11 Å². The molecule has 1 saturated carbocycles. The molecule has 1 aliphatic carbocycles. The Morgan fingerprint density at radius 2 is 2.00 bits per heavy atom. The molecule has 18 heavy (non-hydrogen) atoms. The molecule has 1 unspecified atom stereocenters. The van der Waals surface area contributed by atoms with Crippen molar-refractivity contribution < 1.29 is 9.50 Å². The van der Waals surface area contributed by atoms with Crippen molar-refractivity contribution in [3.8, 4) is 6.07 Å². The second-order valence-corrected chi connectivity index (χ2v) is 5.23. The number of halogens is 1. The van der Waals surface area contributed by atoms with Gasteiger partial charge in [-0.1, -0.05) is 25.3 Å². The van der Waals surface area contributed by atoms with Gasteiger partial charge in [-0.3, -0.25) is 0 Å². The lowest BCUT2D eigenvalue weighted by Gasteiger charge is -2.35. The van der Waals surface area contributed by atoms with Crippen LogP contribution in [0.3, 0.4) is 0 Å². The average molecular weight is 247 g/mol. The Morgan fingerprint density at radius 3 is 2.61 bits per heavy atom. The molecule has 0 spiro atoms. The highest BCUT2D eigenvalue weighted by Crippen LogP contribution is 2.46. The third-order valence-electron chi connectivity index (χ3n) is 4.03. The Kier molecular flexibility index (Phi) is 3.68. The number of hydrogen-bond donors (Lipinski definition) is 1. The van der Waals surface area contributed by atoms with E-state index in [9.17, 15) is 14.8 Å². The maximum Gasteiger partial charge on any atom is 0.123 e. The third-order valence-corrected chi connectivity index (χ3v) is 4.03. The number of hydrogen-bond acceptors (Lipinski definition) is 2. The number of benzene rings is 1. The van der Waals surface area contributed by atoms with Gasteiger partial charge in [0.2, 0.25) is 0 Å². The van der Waals surface area contributed by atoms with Crippen molar-refractivity contribution in [1.29, 1.82) is 5.26 Å². The van der Waals surface area contributed by atoms with Gasteiger partial charge in [0.1, 0.15) is 5.82 Å². The molecule has 2 rings (SSSR count). The van der Waals surface area contributed by atoms with Crippen molar-refractivity contribution in [3.63, 3.8) is 0 Å². The van der Waals surface area contributed by atoms with E-state index in [0.29, 0.717) is 18.4 Å². The van der Waals surface area contributed by atoms with Crippen LogP contribution < -0.4 is 0 Å². The van der Waals surface area contributed by atoms with Crippen LogP contribution in [0.1, 0.15) is 49.3 Å². The summed E-state index contributed by atoms with van der Waals surface area (Å²) in [5, 5.41) is 19.9. The molecule has 0 aromatic heterocycles. The van der Waals surface area contributed by atoms with Gasteiger partial charge in [0.05, 0.1) is 17.6 Å². The molecule has 3 heteroatoms. The van der Waals surface area contributed by atoms with Gasteiger partial charge in [-0.2, -0.15) is 5.26 Å². The van der Waals surface area contributed by atoms with Crippen LogP contribution in [-0.2, 0) is 0 Å². The van der Waals surface area contributed by atoms with Crippen LogP contribution in [-0.4, -0.2) is 5.11 Å². The summed E-state index contributed by atoms with van der Waals surface area (Å²) in [5.41, 5.74) is 0.652. The van der Waals surface area contributed by atoms with Crippen LogP contribution in [0, 0.1) is 29.5 Å². The molecule has 1 aromatic carbocycles. The molecule has 96 valence electrons. The zero-order valence-corrected chi connectivity index (χ0v) is 10.6. The Bertz CT molecular complexity index is 472. The number of aryl methyl sites for hydroxylation is 1. The fourth-order valence-electron chi connectivity index (χ4n) is 2.83. The van der Waals surface area contributed by atoms with Crippen LogP contribution >= 0.6 is 0 Å². The summed E-state index contributed by atoms with van der Waals surface area (Å²) in [6, 6.07) is 6.68. The predicted octanol–water partition coefficient (Wildman–Crippen LogP) is 3.64. The quantitative estimate of drug-likeness (QED) is 0.867. The Labute approximate surface area is 107 Å². The molecular formula is C15H18FNO. The first-order chi connectivity index (χ1) is 8.59. The standard InChI is InChI=1S/C15H18FNO/c1-11-5-6-12(16)9-13(11)14(18)15(10-17)7-3-2-4-8-15/h5-6,9,14,18H,2-4,7-8H2,1H3. The molecule has 0 aliphatic heterocycles. The predicted molar refractivity (Wildman–Crippen MR) is 67.2 cm³/mol. The lowest BCUT2D eigenvalue weighted by Crippen LogP contribution is -2.30. The van der Waals surface area contributed by atoms with Gasteiger partial charge in [-0.15, -0.1) is 0 Å². The van der Waals surface area contributed by atoms with E-state index in [1.165, 1.54) is 12.1 Å². The van der Waals surface area contributed by atoms with Crippen molar-refractivity contribution in [1.82, 2.24) is 0 Å². The van der Waals surface area contributed by atoms with E-state index in [0.717, 1.165) is 24.8 Å². The summed E-state index contributed by atoms with van der Waals surface area (Å²) in [6.07, 6.45) is 3.52. The minimum atomic E-state index is -0.890. The summed E-state index contributed by atoms with van der Waals surface area (Å²) in [6.45, 7) is 1.84. The van der Waals surface area contributed by atoms with Crippen molar-refractivity contribution in [2.75, 3.05) is 0 Å². The van der Waals surface area contributed by atoms with E-state index in [-0.39, 0.29) is 5.82 Å². The van der Waals surface area contributed by atoms with E-state index in [4.69, 9.17) is 0 Å². The smallest absolute Gasteiger partial charge is 0.123 e. The monoisotopic (exact) mass is 247 g/mol. The van der Waals surface area contributed by atoms with Crippen molar-refractivity contribution in [2.24, 2.45) is 5.41 Å². The highest BCUT2D eigenvalue weighted by Gasteiger charge is 2.40. The van der Waals surface area contributed by atoms with E-state index >= 15 is 0 Å². The molecule has 1 fully saturated rings. The third kappa shape index (κ3) is 2.26. The van der Waals surface area contributed by atoms with Crippen molar-refractivity contribution in [2.45, 2.75) is 45.1 Å². The Hall–Kier alpha value is -1.40. The maximum absolute atomic E-state index is 13.3. The fraction of sp³-hybridized carbons (Fsp3) is 0.533. The van der Waals surface area contributed by atoms with Gasteiger partial charge >= 0.3 is 0 Å². The molecular weight excluding hydrogens is 229 g/mol. The number of rotatable bonds is 2. The first-order valence-corrected chi connectivity index (χ1v) is 6.44. The highest BCUT2D eigenvalue weighted by atomic mass is 19.1. The molecule has 1 atom stereocenters. The molecule has 0 saturated heterocycles. The van der Waals surface area contributed by atoms with Gasteiger partial charge in [0, 0.05) is 0 Å². The Balaban J connectivity index is 2.37. The molecule has 1 aliphatic rings. The second kappa shape index (κ2) is 5.07. The number of aliphatic hydroxyl groups is 1. The highest BCUT2D eigenvalue weighted by molar-refractivity contribution is 5.31. The van der Waals surface area contributed by atoms with Crippen LogP contribution in [0.5, 0.6) is 0 Å². The van der Waals surface area contributed by atoms with Gasteiger partial charge in [0.15, 0.2) is 0 Å². The van der Waals surface area contributed by atoms with E-state index in [1.807, 2.05) is 6.92 Å². The lowest BCUT2D eigenvalue weighted by atomic mass is 9.69. The maximum atomic E-state index is 13.3. The Morgan fingerprint density at radius 1 is 1.33 bits per heavy atom. The summed E-state index contributed by atoms with van der Waals surface area (Å²) < 4.78 is 13.3. The SMILES string of the molecule is Cc1ccc(F)cc1C(O)C1(C#N)CCCCC1. The molecule has 1 N–H and O–H groups in total. The summed E-state index contributed by atoms with van der Waals surface area (Å²) in [7, 11) is 0. The van der Waals surface area contributed by atoms with Crippen molar-refractivity contribution >= 4 is 0 Å². The van der Waals surface area contributed by atoms with Crippen molar-refractivity contribution in [3.05, 3.63) is 35.1 Å². The van der Waals surface area contributed by atoms with Gasteiger partial charge in [0.25, 0.3) is 0 Å². The zero-order valence-electron chi connectivity index (χ0n) is 10.6. The molecule has 0 amide bonds. The lowest BCUT2D eigenvalue weighted by molar-refractivity contribution is 0.0353. The molecule has 0 bridgehead atoms. The normalized spacial score (nSPS) is 20.1. The number of nitrogens with zero attached hydrogens (tertiary/aromatic N) is 1. The molecule has 0 heterocycles. The molecule has 0 radical (unpaired) electrons. The second-order valence-electron chi connectivity index (χ2n) is 5.23. The van der Waals surface area contributed by atoms with E-state index in [1.54, 1.807) is 6.07 Å². The van der Waals surface area contributed by atoms with Gasteiger partial charge in [-0.25, -0.2) is 4.39 Å². The minimum absolute atomic E-state index is 0.362. The first-order valence-electron chi connectivity index (χ1n) is 6.44.